The summed E-state index contributed by atoms with van der Waals surface area (Å²) in [6, 6.07) is 13.1. The molecule has 1 fully saturated rings. The third-order valence-electron chi connectivity index (χ3n) is 5.20. The van der Waals surface area contributed by atoms with Crippen molar-refractivity contribution in [2.75, 3.05) is 25.1 Å². The van der Waals surface area contributed by atoms with Gasteiger partial charge < -0.3 is 15.0 Å². The van der Waals surface area contributed by atoms with Crippen LogP contribution in [0.4, 0.5) is 5.82 Å². The Morgan fingerprint density at radius 1 is 1.27 bits per heavy atom. The molecule has 4 aromatic rings. The van der Waals surface area contributed by atoms with Gasteiger partial charge in [-0.1, -0.05) is 12.1 Å². The van der Waals surface area contributed by atoms with Gasteiger partial charge in [-0.25, -0.2) is 0 Å². The van der Waals surface area contributed by atoms with E-state index in [4.69, 9.17) is 4.74 Å². The number of ether oxygens (including phenoxy) is 1. The number of aromatic amines is 1. The molecule has 1 saturated heterocycles. The number of fused-ring (bicyclic) bond motifs is 1. The first-order valence-electron chi connectivity index (χ1n) is 9.63. The van der Waals surface area contributed by atoms with Gasteiger partial charge in [-0.2, -0.15) is 9.61 Å². The van der Waals surface area contributed by atoms with Gasteiger partial charge >= 0.3 is 0 Å². The van der Waals surface area contributed by atoms with E-state index in [9.17, 15) is 4.79 Å². The van der Waals surface area contributed by atoms with Crippen molar-refractivity contribution in [1.29, 1.82) is 0 Å². The highest BCUT2D eigenvalue weighted by molar-refractivity contribution is 5.93. The van der Waals surface area contributed by atoms with Crippen LogP contribution in [-0.2, 0) is 0 Å². The Hall–Kier alpha value is -3.95. The monoisotopic (exact) mass is 404 g/mol. The predicted molar refractivity (Wildman–Crippen MR) is 109 cm³/mol. The standard InChI is InChI=1S/C20H20N8O2/c1-30-17-5-3-2-4-14(17)15-10-16(24-23-15)20(29)22-13-8-9-27(11-13)19-7-6-18-25-21-12-28(18)26-19/h2-7,10,12-13H,8-9,11H2,1H3,(H,22,29)(H,23,24). The molecule has 0 saturated carbocycles. The van der Waals surface area contributed by atoms with E-state index in [0.29, 0.717) is 29.3 Å². The molecule has 1 aromatic carbocycles. The summed E-state index contributed by atoms with van der Waals surface area (Å²) < 4.78 is 7.02. The Labute approximate surface area is 171 Å². The SMILES string of the molecule is COc1ccccc1-c1cc(C(=O)NC2CCN(c3ccc4nncn4n3)C2)[nH]n1. The number of nitrogens with one attached hydrogen (secondary N) is 2. The number of hydrogen-bond acceptors (Lipinski definition) is 7. The van der Waals surface area contributed by atoms with Crippen molar-refractivity contribution in [2.45, 2.75) is 12.5 Å². The van der Waals surface area contributed by atoms with E-state index < -0.39 is 0 Å². The Kier molecular flexibility index (Phi) is 4.51. The Balaban J connectivity index is 1.25. The van der Waals surface area contributed by atoms with Gasteiger partial charge in [-0.3, -0.25) is 9.89 Å². The highest BCUT2D eigenvalue weighted by Crippen LogP contribution is 2.28. The van der Waals surface area contributed by atoms with Crippen LogP contribution < -0.4 is 15.0 Å². The lowest BCUT2D eigenvalue weighted by Gasteiger charge is -2.17. The van der Waals surface area contributed by atoms with Crippen molar-refractivity contribution in [3.05, 3.63) is 54.5 Å². The zero-order chi connectivity index (χ0) is 20.5. The molecule has 10 nitrogen and oxygen atoms in total. The summed E-state index contributed by atoms with van der Waals surface area (Å²) in [7, 11) is 1.61. The van der Waals surface area contributed by atoms with Gasteiger partial charge in [0.05, 0.1) is 12.8 Å². The molecule has 2 N–H and O–H groups in total. The fourth-order valence-electron chi connectivity index (χ4n) is 3.67. The Bertz CT molecular complexity index is 1200. The molecule has 0 spiro atoms. The minimum Gasteiger partial charge on any atom is -0.496 e. The molecule has 152 valence electrons. The number of carbonyl (C=O) groups is 1. The van der Waals surface area contributed by atoms with Crippen LogP contribution >= 0.6 is 0 Å². The number of rotatable bonds is 5. The van der Waals surface area contributed by atoms with Crippen molar-refractivity contribution in [1.82, 2.24) is 35.3 Å². The molecule has 1 atom stereocenters. The minimum absolute atomic E-state index is 0.0221. The van der Waals surface area contributed by atoms with E-state index in [0.717, 1.165) is 24.3 Å². The Morgan fingerprint density at radius 2 is 2.17 bits per heavy atom. The van der Waals surface area contributed by atoms with Gasteiger partial charge in [-0.15, -0.1) is 15.3 Å². The molecule has 1 unspecified atom stereocenters. The number of hydrogen-bond donors (Lipinski definition) is 2. The zero-order valence-electron chi connectivity index (χ0n) is 16.3. The highest BCUT2D eigenvalue weighted by atomic mass is 16.5. The number of aromatic nitrogens is 6. The van der Waals surface area contributed by atoms with E-state index >= 15 is 0 Å². The highest BCUT2D eigenvalue weighted by Gasteiger charge is 2.26. The van der Waals surface area contributed by atoms with Crippen LogP contribution in [0.25, 0.3) is 16.9 Å². The molecule has 0 bridgehead atoms. The van der Waals surface area contributed by atoms with E-state index in [-0.39, 0.29) is 11.9 Å². The summed E-state index contributed by atoms with van der Waals surface area (Å²) >= 11 is 0. The first kappa shape index (κ1) is 18.1. The van der Waals surface area contributed by atoms with E-state index in [2.05, 4.69) is 35.7 Å². The number of amides is 1. The summed E-state index contributed by atoms with van der Waals surface area (Å²) in [4.78, 5) is 14.9. The number of para-hydroxylation sites is 1. The summed E-state index contributed by atoms with van der Waals surface area (Å²) in [5.41, 5.74) is 2.61. The fraction of sp³-hybridized carbons (Fsp3) is 0.250. The fourth-order valence-corrected chi connectivity index (χ4v) is 3.67. The average molecular weight is 404 g/mol. The smallest absolute Gasteiger partial charge is 0.269 e. The third-order valence-corrected chi connectivity index (χ3v) is 5.20. The number of nitrogens with zero attached hydrogens (tertiary/aromatic N) is 6. The van der Waals surface area contributed by atoms with Gasteiger partial charge in [0.15, 0.2) is 5.65 Å². The molecule has 10 heteroatoms. The van der Waals surface area contributed by atoms with Crippen molar-refractivity contribution >= 4 is 17.4 Å². The number of H-pyrrole nitrogens is 1. The van der Waals surface area contributed by atoms with Crippen LogP contribution in [0.3, 0.4) is 0 Å². The van der Waals surface area contributed by atoms with Crippen molar-refractivity contribution in [2.24, 2.45) is 0 Å². The van der Waals surface area contributed by atoms with Gasteiger partial charge in [-0.05, 0) is 36.8 Å². The largest absolute Gasteiger partial charge is 0.496 e. The first-order valence-corrected chi connectivity index (χ1v) is 9.63. The molecule has 0 aliphatic carbocycles. The van der Waals surface area contributed by atoms with E-state index in [1.54, 1.807) is 24.0 Å². The average Bonchev–Trinajstić information content (AvgIpc) is 3.53. The lowest BCUT2D eigenvalue weighted by Crippen LogP contribution is -2.37. The second kappa shape index (κ2) is 7.47. The molecule has 1 aliphatic heterocycles. The molecule has 4 heterocycles. The number of benzene rings is 1. The number of carbonyl (C=O) groups excluding carboxylic acids is 1. The molecule has 5 rings (SSSR count). The van der Waals surface area contributed by atoms with Crippen LogP contribution in [0.1, 0.15) is 16.9 Å². The van der Waals surface area contributed by atoms with Crippen LogP contribution in [-0.4, -0.2) is 62.2 Å². The number of anilines is 1. The summed E-state index contributed by atoms with van der Waals surface area (Å²) in [5.74, 6) is 1.36. The lowest BCUT2D eigenvalue weighted by atomic mass is 10.1. The molecular weight excluding hydrogens is 384 g/mol. The maximum atomic E-state index is 12.7. The van der Waals surface area contributed by atoms with Gasteiger partial charge in [0.2, 0.25) is 0 Å². The van der Waals surface area contributed by atoms with Gasteiger partial charge in [0.1, 0.15) is 23.6 Å². The molecule has 1 aliphatic rings. The zero-order valence-corrected chi connectivity index (χ0v) is 16.3. The van der Waals surface area contributed by atoms with E-state index in [1.165, 1.54) is 0 Å². The molecule has 30 heavy (non-hydrogen) atoms. The van der Waals surface area contributed by atoms with Crippen molar-refractivity contribution in [3.8, 4) is 17.0 Å². The summed E-state index contributed by atoms with van der Waals surface area (Å²) in [6.45, 7) is 1.49. The van der Waals surface area contributed by atoms with Crippen molar-refractivity contribution < 1.29 is 9.53 Å². The summed E-state index contributed by atoms with van der Waals surface area (Å²) in [5, 5.41) is 22.5. The maximum absolute atomic E-state index is 12.7. The quantitative estimate of drug-likeness (QED) is 0.519. The maximum Gasteiger partial charge on any atom is 0.269 e. The van der Waals surface area contributed by atoms with Crippen LogP contribution in [0.15, 0.2) is 48.8 Å². The van der Waals surface area contributed by atoms with Crippen LogP contribution in [0.5, 0.6) is 5.75 Å². The van der Waals surface area contributed by atoms with Crippen LogP contribution in [0.2, 0.25) is 0 Å². The Morgan fingerprint density at radius 3 is 3.07 bits per heavy atom. The first-order chi connectivity index (χ1) is 14.7. The lowest BCUT2D eigenvalue weighted by molar-refractivity contribution is 0.0935. The molecule has 1 amide bonds. The minimum atomic E-state index is -0.183. The van der Waals surface area contributed by atoms with Gasteiger partial charge in [0.25, 0.3) is 5.91 Å². The van der Waals surface area contributed by atoms with Crippen molar-refractivity contribution in [3.63, 3.8) is 0 Å². The van der Waals surface area contributed by atoms with Gasteiger partial charge in [0, 0.05) is 24.7 Å². The second-order valence-corrected chi connectivity index (χ2v) is 7.10. The normalized spacial score (nSPS) is 16.2. The molecule has 0 radical (unpaired) electrons. The number of methoxy groups -OCH3 is 1. The summed E-state index contributed by atoms with van der Waals surface area (Å²) in [6.07, 6.45) is 2.41. The predicted octanol–water partition coefficient (Wildman–Crippen LogP) is 1.53. The third kappa shape index (κ3) is 3.32. The van der Waals surface area contributed by atoms with Crippen LogP contribution in [0, 0.1) is 0 Å². The topological polar surface area (TPSA) is 113 Å². The molecule has 3 aromatic heterocycles. The second-order valence-electron chi connectivity index (χ2n) is 7.10. The van der Waals surface area contributed by atoms with E-state index in [1.807, 2.05) is 36.4 Å². The molecular formula is C20H20N8O2.